The van der Waals surface area contributed by atoms with Crippen LogP contribution in [0.1, 0.15) is 0 Å². The fourth-order valence-electron chi connectivity index (χ4n) is 1.57. The Balaban J connectivity index is 2.57. The number of rotatable bonds is 2. The van der Waals surface area contributed by atoms with Gasteiger partial charge >= 0.3 is 0 Å². The highest BCUT2D eigenvalue weighted by Gasteiger charge is 2.07. The van der Waals surface area contributed by atoms with Crippen LogP contribution in [-0.2, 0) is 0 Å². The highest BCUT2D eigenvalue weighted by atomic mass is 19.1. The molecule has 0 aromatic heterocycles. The molecule has 2 aromatic carbocycles. The van der Waals surface area contributed by atoms with Gasteiger partial charge < -0.3 is 0 Å². The molecule has 2 rings (SSSR count). The maximum Gasteiger partial charge on any atom is 0.181 e. The molecular weight excluding hydrogens is 203 g/mol. The molecule has 0 aliphatic carbocycles. The number of nitrogens with zero attached hydrogens (tertiary/aromatic N) is 1. The largest absolute Gasteiger partial charge is 0.292 e. The van der Waals surface area contributed by atoms with Gasteiger partial charge in [-0.3, -0.25) is 5.32 Å². The van der Waals surface area contributed by atoms with Crippen molar-refractivity contribution in [2.75, 3.05) is 5.32 Å². The molecule has 0 fully saturated rings. The summed E-state index contributed by atoms with van der Waals surface area (Å²) in [6.07, 6.45) is 1.84. The Morgan fingerprint density at radius 2 is 1.56 bits per heavy atom. The van der Waals surface area contributed by atoms with E-state index in [0.717, 1.165) is 0 Å². The van der Waals surface area contributed by atoms with Crippen LogP contribution in [-0.4, -0.2) is 0 Å². The van der Waals surface area contributed by atoms with E-state index in [2.05, 4.69) is 5.32 Å². The predicted molar refractivity (Wildman–Crippen MR) is 61.1 cm³/mol. The van der Waals surface area contributed by atoms with Gasteiger partial charge in [-0.1, -0.05) is 36.4 Å². The molecule has 0 spiro atoms. The molecular formula is C13H9FN2. The van der Waals surface area contributed by atoms with Gasteiger partial charge in [-0.15, -0.1) is 0 Å². The summed E-state index contributed by atoms with van der Waals surface area (Å²) in [5.74, 6) is -0.297. The van der Waals surface area contributed by atoms with Crippen LogP contribution in [0.25, 0.3) is 11.1 Å². The number of hydrogen-bond donors (Lipinski definition) is 1. The van der Waals surface area contributed by atoms with E-state index in [0.29, 0.717) is 16.8 Å². The van der Waals surface area contributed by atoms with E-state index in [4.69, 9.17) is 5.26 Å². The summed E-state index contributed by atoms with van der Waals surface area (Å²) in [5, 5.41) is 11.1. The molecule has 0 aliphatic rings. The maximum atomic E-state index is 13.6. The smallest absolute Gasteiger partial charge is 0.181 e. The van der Waals surface area contributed by atoms with Crippen LogP contribution >= 0.6 is 0 Å². The number of para-hydroxylation sites is 1. The van der Waals surface area contributed by atoms with Crippen LogP contribution in [0.15, 0.2) is 48.5 Å². The molecule has 0 atom stereocenters. The quantitative estimate of drug-likeness (QED) is 0.611. The van der Waals surface area contributed by atoms with Crippen LogP contribution in [0.3, 0.4) is 0 Å². The monoisotopic (exact) mass is 212 g/mol. The standard InChI is InChI=1S/C13H9FN2/c14-12-7-3-1-5-10(12)11-6-2-4-8-13(11)16-9-15/h1-8,16H. The highest BCUT2D eigenvalue weighted by Crippen LogP contribution is 2.29. The summed E-state index contributed by atoms with van der Waals surface area (Å²) in [6.45, 7) is 0. The molecule has 2 nitrogen and oxygen atoms in total. The van der Waals surface area contributed by atoms with E-state index >= 15 is 0 Å². The van der Waals surface area contributed by atoms with Crippen molar-refractivity contribution in [1.29, 1.82) is 5.26 Å². The fraction of sp³-hybridized carbons (Fsp3) is 0. The first-order valence-corrected chi connectivity index (χ1v) is 4.82. The molecule has 78 valence electrons. The van der Waals surface area contributed by atoms with Crippen molar-refractivity contribution in [3.05, 3.63) is 54.3 Å². The summed E-state index contributed by atoms with van der Waals surface area (Å²) in [7, 11) is 0. The second-order valence-electron chi connectivity index (χ2n) is 3.26. The molecule has 0 bridgehead atoms. The SMILES string of the molecule is N#CNc1ccccc1-c1ccccc1F. The zero-order chi connectivity index (χ0) is 11.4. The Hall–Kier alpha value is -2.34. The van der Waals surface area contributed by atoms with Crippen molar-refractivity contribution < 1.29 is 4.39 Å². The van der Waals surface area contributed by atoms with Gasteiger partial charge in [-0.2, -0.15) is 5.26 Å². The second kappa shape index (κ2) is 4.45. The van der Waals surface area contributed by atoms with Gasteiger partial charge in [0.25, 0.3) is 0 Å². The lowest BCUT2D eigenvalue weighted by atomic mass is 10.0. The van der Waals surface area contributed by atoms with Crippen molar-refractivity contribution in [3.63, 3.8) is 0 Å². The lowest BCUT2D eigenvalue weighted by molar-refractivity contribution is 0.631. The average Bonchev–Trinajstić information content (AvgIpc) is 2.31. The van der Waals surface area contributed by atoms with Crippen LogP contribution in [0.2, 0.25) is 0 Å². The number of benzene rings is 2. The van der Waals surface area contributed by atoms with Gasteiger partial charge in [0.15, 0.2) is 6.19 Å². The molecule has 0 saturated heterocycles. The van der Waals surface area contributed by atoms with E-state index in [9.17, 15) is 4.39 Å². The topological polar surface area (TPSA) is 35.8 Å². The van der Waals surface area contributed by atoms with Gasteiger partial charge in [0, 0.05) is 11.1 Å². The minimum absolute atomic E-state index is 0.297. The third kappa shape index (κ3) is 1.86. The maximum absolute atomic E-state index is 13.6. The lowest BCUT2D eigenvalue weighted by Gasteiger charge is -2.08. The van der Waals surface area contributed by atoms with Crippen LogP contribution in [0, 0.1) is 17.3 Å². The molecule has 0 unspecified atom stereocenters. The molecule has 0 amide bonds. The van der Waals surface area contributed by atoms with Gasteiger partial charge in [0.2, 0.25) is 0 Å². The van der Waals surface area contributed by atoms with Crippen LogP contribution in [0.5, 0.6) is 0 Å². The van der Waals surface area contributed by atoms with Gasteiger partial charge in [-0.05, 0) is 12.1 Å². The molecule has 1 N–H and O–H groups in total. The van der Waals surface area contributed by atoms with E-state index in [-0.39, 0.29) is 5.82 Å². The van der Waals surface area contributed by atoms with E-state index in [1.165, 1.54) is 6.07 Å². The zero-order valence-corrected chi connectivity index (χ0v) is 8.44. The van der Waals surface area contributed by atoms with E-state index < -0.39 is 0 Å². The summed E-state index contributed by atoms with van der Waals surface area (Å²) >= 11 is 0. The van der Waals surface area contributed by atoms with Crippen LogP contribution < -0.4 is 5.32 Å². The summed E-state index contributed by atoms with van der Waals surface area (Å²) in [4.78, 5) is 0. The van der Waals surface area contributed by atoms with Crippen molar-refractivity contribution >= 4 is 5.69 Å². The normalized spacial score (nSPS) is 9.50. The van der Waals surface area contributed by atoms with Gasteiger partial charge in [0.05, 0.1) is 5.69 Å². The second-order valence-corrected chi connectivity index (χ2v) is 3.26. The van der Waals surface area contributed by atoms with E-state index in [1.54, 1.807) is 36.4 Å². The Labute approximate surface area is 93.0 Å². The Morgan fingerprint density at radius 1 is 0.938 bits per heavy atom. The molecule has 2 aromatic rings. The highest BCUT2D eigenvalue weighted by molar-refractivity contribution is 5.78. The molecule has 3 heteroatoms. The first-order valence-electron chi connectivity index (χ1n) is 4.82. The number of nitriles is 1. The lowest BCUT2D eigenvalue weighted by Crippen LogP contribution is -1.92. The summed E-state index contributed by atoms with van der Waals surface area (Å²) in [6, 6.07) is 13.6. The third-order valence-corrected chi connectivity index (χ3v) is 2.28. The van der Waals surface area contributed by atoms with Crippen molar-refractivity contribution in [2.24, 2.45) is 0 Å². The summed E-state index contributed by atoms with van der Waals surface area (Å²) < 4.78 is 13.6. The Morgan fingerprint density at radius 3 is 2.25 bits per heavy atom. The number of anilines is 1. The first kappa shape index (κ1) is 10.2. The first-order chi connectivity index (χ1) is 7.83. The predicted octanol–water partition coefficient (Wildman–Crippen LogP) is 3.39. The number of hydrogen-bond acceptors (Lipinski definition) is 2. The molecule has 0 saturated carbocycles. The molecule has 16 heavy (non-hydrogen) atoms. The Kier molecular flexibility index (Phi) is 2.84. The van der Waals surface area contributed by atoms with Gasteiger partial charge in [0.1, 0.15) is 5.82 Å². The molecule has 0 aliphatic heterocycles. The van der Waals surface area contributed by atoms with Crippen molar-refractivity contribution in [1.82, 2.24) is 0 Å². The van der Waals surface area contributed by atoms with Crippen molar-refractivity contribution in [2.45, 2.75) is 0 Å². The van der Waals surface area contributed by atoms with E-state index in [1.807, 2.05) is 12.3 Å². The minimum atomic E-state index is -0.297. The molecule has 0 radical (unpaired) electrons. The van der Waals surface area contributed by atoms with Crippen molar-refractivity contribution in [3.8, 4) is 17.3 Å². The van der Waals surface area contributed by atoms with Crippen LogP contribution in [0.4, 0.5) is 10.1 Å². The summed E-state index contributed by atoms with van der Waals surface area (Å²) in [5.41, 5.74) is 1.78. The molecule has 0 heterocycles. The minimum Gasteiger partial charge on any atom is -0.292 e. The fourth-order valence-corrected chi connectivity index (χ4v) is 1.57. The number of nitrogens with one attached hydrogen (secondary N) is 1. The third-order valence-electron chi connectivity index (χ3n) is 2.28. The van der Waals surface area contributed by atoms with Gasteiger partial charge in [-0.25, -0.2) is 4.39 Å². The Bertz CT molecular complexity index is 544. The zero-order valence-electron chi connectivity index (χ0n) is 8.44. The number of halogens is 1. The average molecular weight is 212 g/mol.